The predicted octanol–water partition coefficient (Wildman–Crippen LogP) is 3.78. The summed E-state index contributed by atoms with van der Waals surface area (Å²) in [6.07, 6.45) is 1.67. The Kier molecular flexibility index (Phi) is 5.63. The smallest absolute Gasteiger partial charge is 0.336 e. The number of ether oxygens (including phenoxy) is 1. The molecule has 2 aromatic carbocycles. The summed E-state index contributed by atoms with van der Waals surface area (Å²) in [7, 11) is 1.51. The van der Waals surface area contributed by atoms with Crippen molar-refractivity contribution >= 4 is 34.4 Å². The largest absolute Gasteiger partial charge is 0.496 e. The van der Waals surface area contributed by atoms with Gasteiger partial charge in [-0.3, -0.25) is 4.79 Å². The summed E-state index contributed by atoms with van der Waals surface area (Å²) in [5.41, 5.74) is 2.24. The van der Waals surface area contributed by atoms with E-state index in [1.807, 2.05) is 13.8 Å². The summed E-state index contributed by atoms with van der Waals surface area (Å²) in [6.45, 7) is 5.38. The summed E-state index contributed by atoms with van der Waals surface area (Å²) < 4.78 is 5.52. The first-order valence-electron chi connectivity index (χ1n) is 9.05. The second-order valence-corrected chi connectivity index (χ2v) is 6.85. The maximum atomic E-state index is 11.8. The molecule has 0 saturated heterocycles. The number of carbonyl (C=O) groups excluding carboxylic acids is 1. The van der Waals surface area contributed by atoms with Gasteiger partial charge in [-0.05, 0) is 38.1 Å². The minimum Gasteiger partial charge on any atom is -0.496 e. The predicted molar refractivity (Wildman–Crippen MR) is 112 cm³/mol. The van der Waals surface area contributed by atoms with E-state index < -0.39 is 5.97 Å². The summed E-state index contributed by atoms with van der Waals surface area (Å²) in [5, 5.41) is 16.2. The average Bonchev–Trinajstić information content (AvgIpc) is 2.65. The molecule has 0 fully saturated rings. The number of carboxylic acid groups (broad SMARTS) is 1. The molecule has 0 aliphatic rings. The molecule has 3 rings (SSSR count). The maximum absolute atomic E-state index is 11.8. The molecule has 0 aliphatic carbocycles. The number of carboxylic acids is 1. The van der Waals surface area contributed by atoms with Crippen LogP contribution in [0.4, 0.5) is 11.6 Å². The van der Waals surface area contributed by atoms with Gasteiger partial charge in [-0.1, -0.05) is 0 Å². The van der Waals surface area contributed by atoms with Crippen molar-refractivity contribution in [2.24, 2.45) is 0 Å². The molecular weight excluding hydrogens is 372 g/mol. The first kappa shape index (κ1) is 20.1. The lowest BCUT2D eigenvalue weighted by atomic mass is 9.96. The summed E-state index contributed by atoms with van der Waals surface area (Å²) in [5.74, 6) is -0.359. The van der Waals surface area contributed by atoms with Gasteiger partial charge < -0.3 is 20.5 Å². The molecule has 0 aliphatic heterocycles. The summed E-state index contributed by atoms with van der Waals surface area (Å²) >= 11 is 0. The van der Waals surface area contributed by atoms with Gasteiger partial charge in [0.05, 0.1) is 18.2 Å². The van der Waals surface area contributed by atoms with E-state index in [0.717, 1.165) is 5.39 Å². The van der Waals surface area contributed by atoms with E-state index in [4.69, 9.17) is 4.74 Å². The van der Waals surface area contributed by atoms with Crippen LogP contribution in [0.25, 0.3) is 22.0 Å². The zero-order valence-corrected chi connectivity index (χ0v) is 16.6. The maximum Gasteiger partial charge on any atom is 0.336 e. The molecule has 0 atom stereocenters. The van der Waals surface area contributed by atoms with Crippen molar-refractivity contribution in [3.63, 3.8) is 0 Å². The van der Waals surface area contributed by atoms with E-state index in [2.05, 4.69) is 20.6 Å². The first-order valence-corrected chi connectivity index (χ1v) is 9.05. The minimum atomic E-state index is -1.08. The van der Waals surface area contributed by atoms with Crippen molar-refractivity contribution in [1.29, 1.82) is 0 Å². The molecule has 8 nitrogen and oxygen atoms in total. The zero-order chi connectivity index (χ0) is 21.1. The summed E-state index contributed by atoms with van der Waals surface area (Å²) in [4.78, 5) is 32.0. The van der Waals surface area contributed by atoms with E-state index in [-0.39, 0.29) is 17.5 Å². The van der Waals surface area contributed by atoms with Crippen LogP contribution in [0.1, 0.15) is 31.1 Å². The number of fused-ring (bicyclic) bond motifs is 1. The molecule has 0 saturated carbocycles. The molecule has 0 unspecified atom stereocenters. The number of hydrogen-bond donors (Lipinski definition) is 3. The fraction of sp³-hybridized carbons (Fsp3) is 0.238. The molecular formula is C21H22N4O4. The molecule has 1 aromatic heterocycles. The molecule has 0 radical (unpaired) electrons. The van der Waals surface area contributed by atoms with Crippen LogP contribution in [0.5, 0.6) is 5.75 Å². The van der Waals surface area contributed by atoms with Gasteiger partial charge in [0.2, 0.25) is 11.9 Å². The molecule has 8 heteroatoms. The van der Waals surface area contributed by atoms with Gasteiger partial charge in [-0.25, -0.2) is 14.8 Å². The van der Waals surface area contributed by atoms with E-state index in [1.165, 1.54) is 20.1 Å². The molecule has 3 aromatic rings. The number of aromatic nitrogens is 2. The highest BCUT2D eigenvalue weighted by Crippen LogP contribution is 2.37. The topological polar surface area (TPSA) is 113 Å². The lowest BCUT2D eigenvalue weighted by molar-refractivity contribution is -0.114. The van der Waals surface area contributed by atoms with Crippen LogP contribution in [0.3, 0.4) is 0 Å². The van der Waals surface area contributed by atoms with E-state index in [9.17, 15) is 14.7 Å². The molecule has 29 heavy (non-hydrogen) atoms. The van der Waals surface area contributed by atoms with Gasteiger partial charge in [-0.2, -0.15) is 0 Å². The van der Waals surface area contributed by atoms with E-state index in [1.54, 1.807) is 30.5 Å². The van der Waals surface area contributed by atoms with Gasteiger partial charge in [-0.15, -0.1) is 0 Å². The molecule has 1 amide bonds. The van der Waals surface area contributed by atoms with Gasteiger partial charge in [0, 0.05) is 47.4 Å². The van der Waals surface area contributed by atoms with Crippen LogP contribution >= 0.6 is 0 Å². The standard InChI is InChI=1S/C21H22N4O4/c1-11(2)23-21-22-10-13-7-17(19(29-4)9-18(13)25-21)16-8-14(24-12(3)26)5-6-15(16)20(27)28/h5-11H,1-4H3,(H,24,26)(H,27,28)(H,22,23,25). The van der Waals surface area contributed by atoms with Crippen molar-refractivity contribution in [2.75, 3.05) is 17.7 Å². The number of carbonyl (C=O) groups is 2. The van der Waals surface area contributed by atoms with Crippen LogP contribution in [0.15, 0.2) is 36.5 Å². The number of amides is 1. The SMILES string of the molecule is COc1cc2nc(NC(C)C)ncc2cc1-c1cc(NC(C)=O)ccc1C(=O)O. The van der Waals surface area contributed by atoms with E-state index >= 15 is 0 Å². The molecule has 0 spiro atoms. The Labute approximate surface area is 167 Å². The number of nitrogens with zero attached hydrogens (tertiary/aromatic N) is 2. The number of methoxy groups -OCH3 is 1. The van der Waals surface area contributed by atoms with Crippen LogP contribution in [-0.4, -0.2) is 40.1 Å². The number of anilines is 2. The average molecular weight is 394 g/mol. The van der Waals surface area contributed by atoms with Crippen molar-refractivity contribution in [1.82, 2.24) is 9.97 Å². The Bertz CT molecular complexity index is 1100. The Morgan fingerprint density at radius 3 is 2.52 bits per heavy atom. The zero-order valence-electron chi connectivity index (χ0n) is 16.6. The monoisotopic (exact) mass is 394 g/mol. The molecule has 150 valence electrons. The second kappa shape index (κ2) is 8.14. The Morgan fingerprint density at radius 1 is 1.14 bits per heavy atom. The number of aromatic carboxylic acids is 1. The normalized spacial score (nSPS) is 10.8. The fourth-order valence-corrected chi connectivity index (χ4v) is 3.00. The molecule has 3 N–H and O–H groups in total. The quantitative estimate of drug-likeness (QED) is 0.583. The highest BCUT2D eigenvalue weighted by atomic mass is 16.5. The number of hydrogen-bond acceptors (Lipinski definition) is 6. The minimum absolute atomic E-state index is 0.0933. The highest BCUT2D eigenvalue weighted by molar-refractivity contribution is 6.01. The Hall–Kier alpha value is -3.68. The lowest BCUT2D eigenvalue weighted by Gasteiger charge is -2.15. The third kappa shape index (κ3) is 4.43. The van der Waals surface area contributed by atoms with Gasteiger partial charge in [0.1, 0.15) is 5.75 Å². The van der Waals surface area contributed by atoms with Gasteiger partial charge >= 0.3 is 5.97 Å². The number of nitrogens with one attached hydrogen (secondary N) is 2. The Morgan fingerprint density at radius 2 is 1.90 bits per heavy atom. The van der Waals surface area contributed by atoms with Gasteiger partial charge in [0.15, 0.2) is 0 Å². The molecule has 1 heterocycles. The Balaban J connectivity index is 2.20. The van der Waals surface area contributed by atoms with Crippen LogP contribution < -0.4 is 15.4 Å². The summed E-state index contributed by atoms with van der Waals surface area (Å²) in [6, 6.07) is 8.34. The number of rotatable bonds is 6. The third-order valence-corrected chi connectivity index (χ3v) is 4.18. The number of benzene rings is 2. The van der Waals surface area contributed by atoms with Crippen LogP contribution in [0, 0.1) is 0 Å². The molecule has 0 bridgehead atoms. The fourth-order valence-electron chi connectivity index (χ4n) is 3.00. The van der Waals surface area contributed by atoms with Crippen molar-refractivity contribution in [3.8, 4) is 16.9 Å². The van der Waals surface area contributed by atoms with E-state index in [0.29, 0.717) is 34.0 Å². The van der Waals surface area contributed by atoms with Crippen LogP contribution in [-0.2, 0) is 4.79 Å². The highest BCUT2D eigenvalue weighted by Gasteiger charge is 2.18. The second-order valence-electron chi connectivity index (χ2n) is 6.85. The first-order chi connectivity index (χ1) is 13.8. The van der Waals surface area contributed by atoms with Crippen molar-refractivity contribution in [3.05, 3.63) is 42.1 Å². The van der Waals surface area contributed by atoms with Crippen LogP contribution in [0.2, 0.25) is 0 Å². The lowest BCUT2D eigenvalue weighted by Crippen LogP contribution is -2.12. The third-order valence-electron chi connectivity index (χ3n) is 4.18. The van der Waals surface area contributed by atoms with Crippen molar-refractivity contribution in [2.45, 2.75) is 26.8 Å². The van der Waals surface area contributed by atoms with Crippen molar-refractivity contribution < 1.29 is 19.4 Å². The van der Waals surface area contributed by atoms with Gasteiger partial charge in [0.25, 0.3) is 0 Å².